The quantitative estimate of drug-likeness (QED) is 0.671. The van der Waals surface area contributed by atoms with Crippen molar-refractivity contribution in [2.45, 2.75) is 25.4 Å². The van der Waals surface area contributed by atoms with Gasteiger partial charge in [0.2, 0.25) is 0 Å². The van der Waals surface area contributed by atoms with E-state index in [1.54, 1.807) is 22.2 Å². The van der Waals surface area contributed by atoms with Crippen molar-refractivity contribution in [2.24, 2.45) is 0 Å². The van der Waals surface area contributed by atoms with Gasteiger partial charge in [0.25, 0.3) is 5.91 Å². The summed E-state index contributed by atoms with van der Waals surface area (Å²) in [5.41, 5.74) is 1.62. The zero-order chi connectivity index (χ0) is 17.2. The highest BCUT2D eigenvalue weighted by atomic mass is 35.5. The Labute approximate surface area is 155 Å². The van der Waals surface area contributed by atoms with E-state index in [0.29, 0.717) is 17.1 Å². The van der Waals surface area contributed by atoms with Gasteiger partial charge >= 0.3 is 0 Å². The summed E-state index contributed by atoms with van der Waals surface area (Å²) in [5.74, 6) is 0.0568. The van der Waals surface area contributed by atoms with E-state index in [2.05, 4.69) is 16.5 Å². The number of nitrogens with zero attached hydrogens (tertiary/aromatic N) is 3. The number of benzene rings is 1. The first kappa shape index (κ1) is 16.4. The third-order valence-electron chi connectivity index (χ3n) is 4.56. The van der Waals surface area contributed by atoms with Gasteiger partial charge in [0.1, 0.15) is 0 Å². The van der Waals surface area contributed by atoms with Crippen LogP contribution in [0, 0.1) is 0 Å². The molecule has 25 heavy (non-hydrogen) atoms. The number of hydrogen-bond donors (Lipinski definition) is 0. The third kappa shape index (κ3) is 3.34. The lowest BCUT2D eigenvalue weighted by Gasteiger charge is -2.23. The normalized spacial score (nSPS) is 17.2. The Morgan fingerprint density at radius 1 is 1.28 bits per heavy atom. The van der Waals surface area contributed by atoms with Crippen LogP contribution in [0.3, 0.4) is 0 Å². The molecule has 0 spiro atoms. The lowest BCUT2D eigenvalue weighted by atomic mass is 10.2. The van der Waals surface area contributed by atoms with E-state index in [0.717, 1.165) is 24.9 Å². The molecule has 1 aromatic carbocycles. The molecule has 1 saturated heterocycles. The number of halogens is 1. The molecule has 0 radical (unpaired) electrons. The summed E-state index contributed by atoms with van der Waals surface area (Å²) in [4.78, 5) is 16.2. The van der Waals surface area contributed by atoms with Crippen LogP contribution >= 0.6 is 22.9 Å². The van der Waals surface area contributed by atoms with Gasteiger partial charge in [0.05, 0.1) is 24.3 Å². The third-order valence-corrected chi connectivity index (χ3v) is 5.90. The Bertz CT molecular complexity index is 874. The minimum absolute atomic E-state index is 0.0568. The van der Waals surface area contributed by atoms with Crippen molar-refractivity contribution in [3.8, 4) is 0 Å². The largest absolute Gasteiger partial charge is 0.331 e. The number of hydrogen-bond acceptors (Lipinski definition) is 3. The monoisotopic (exact) mass is 371 g/mol. The van der Waals surface area contributed by atoms with Crippen LogP contribution in [0.15, 0.2) is 54.2 Å². The summed E-state index contributed by atoms with van der Waals surface area (Å²) in [7, 11) is 0. The molecule has 0 saturated carbocycles. The topological polar surface area (TPSA) is 38.1 Å². The molecular formula is C19H18ClN3OS. The van der Waals surface area contributed by atoms with Gasteiger partial charge in [0.15, 0.2) is 0 Å². The zero-order valence-electron chi connectivity index (χ0n) is 13.6. The molecule has 1 aliphatic heterocycles. The average molecular weight is 372 g/mol. The summed E-state index contributed by atoms with van der Waals surface area (Å²) in [5, 5.41) is 7.12. The van der Waals surface area contributed by atoms with Crippen LogP contribution in [0.25, 0.3) is 0 Å². The number of thiophene rings is 1. The molecule has 1 atom stereocenters. The molecule has 3 heterocycles. The fourth-order valence-corrected chi connectivity index (χ4v) is 4.38. The second kappa shape index (κ2) is 7.02. The van der Waals surface area contributed by atoms with E-state index >= 15 is 0 Å². The first-order valence-corrected chi connectivity index (χ1v) is 9.58. The van der Waals surface area contributed by atoms with Gasteiger partial charge in [-0.05, 0) is 35.9 Å². The van der Waals surface area contributed by atoms with Crippen LogP contribution < -0.4 is 0 Å². The van der Waals surface area contributed by atoms with E-state index in [-0.39, 0.29) is 11.9 Å². The minimum Gasteiger partial charge on any atom is -0.331 e. The second-order valence-electron chi connectivity index (χ2n) is 6.19. The molecule has 4 rings (SSSR count). The lowest BCUT2D eigenvalue weighted by Crippen LogP contribution is -2.29. The Kier molecular flexibility index (Phi) is 4.59. The second-order valence-corrected chi connectivity index (χ2v) is 7.58. The molecule has 0 aliphatic carbocycles. The van der Waals surface area contributed by atoms with E-state index in [1.807, 2.05) is 41.4 Å². The Balaban J connectivity index is 1.51. The van der Waals surface area contributed by atoms with Gasteiger partial charge in [-0.1, -0.05) is 35.9 Å². The molecule has 1 aliphatic rings. The molecule has 3 aromatic rings. The van der Waals surface area contributed by atoms with Crippen molar-refractivity contribution < 1.29 is 4.79 Å². The molecule has 1 fully saturated rings. The summed E-state index contributed by atoms with van der Waals surface area (Å²) in [6, 6.07) is 12.0. The summed E-state index contributed by atoms with van der Waals surface area (Å²) >= 11 is 7.92. The molecule has 0 bridgehead atoms. The van der Waals surface area contributed by atoms with Crippen LogP contribution in [0.5, 0.6) is 0 Å². The fraction of sp³-hybridized carbons (Fsp3) is 0.263. The first-order chi connectivity index (χ1) is 12.2. The maximum Gasteiger partial charge on any atom is 0.257 e. The molecule has 128 valence electrons. The van der Waals surface area contributed by atoms with Crippen molar-refractivity contribution in [3.63, 3.8) is 0 Å². The molecule has 1 unspecified atom stereocenters. The maximum absolute atomic E-state index is 12.9. The minimum atomic E-state index is 0.0568. The van der Waals surface area contributed by atoms with Gasteiger partial charge in [-0.25, -0.2) is 0 Å². The highest BCUT2D eigenvalue weighted by Crippen LogP contribution is 2.35. The van der Waals surface area contributed by atoms with Gasteiger partial charge < -0.3 is 4.90 Å². The standard InChI is InChI=1S/C19H18ClN3OS/c20-16-6-2-1-5-14(16)12-22-13-15(11-21-22)19(24)23-9-3-7-17(23)18-8-4-10-25-18/h1-2,4-6,8,10-11,13,17H,3,7,9,12H2. The highest BCUT2D eigenvalue weighted by Gasteiger charge is 2.31. The van der Waals surface area contributed by atoms with E-state index in [1.165, 1.54) is 4.88 Å². The van der Waals surface area contributed by atoms with Crippen molar-refractivity contribution >= 4 is 28.8 Å². The summed E-state index contributed by atoms with van der Waals surface area (Å²) < 4.78 is 1.77. The molecule has 1 amide bonds. The van der Waals surface area contributed by atoms with Crippen LogP contribution in [0.4, 0.5) is 0 Å². The number of amides is 1. The number of aromatic nitrogens is 2. The fourth-order valence-electron chi connectivity index (χ4n) is 3.31. The molecule has 6 heteroatoms. The van der Waals surface area contributed by atoms with Crippen molar-refractivity contribution in [2.75, 3.05) is 6.54 Å². The number of carbonyl (C=O) groups excluding carboxylic acids is 1. The van der Waals surface area contributed by atoms with E-state index < -0.39 is 0 Å². The van der Waals surface area contributed by atoms with Gasteiger partial charge in [0, 0.05) is 22.6 Å². The lowest BCUT2D eigenvalue weighted by molar-refractivity contribution is 0.0738. The summed E-state index contributed by atoms with van der Waals surface area (Å²) in [6.45, 7) is 1.36. The zero-order valence-corrected chi connectivity index (χ0v) is 15.2. The average Bonchev–Trinajstić information content (AvgIpc) is 3.37. The molecular weight excluding hydrogens is 354 g/mol. The smallest absolute Gasteiger partial charge is 0.257 e. The van der Waals surface area contributed by atoms with Gasteiger partial charge in [-0.15, -0.1) is 11.3 Å². The van der Waals surface area contributed by atoms with Crippen LogP contribution in [0.1, 0.15) is 39.7 Å². The SMILES string of the molecule is O=C(c1cnn(Cc2ccccc2Cl)c1)N1CCCC1c1cccs1. The van der Waals surface area contributed by atoms with Crippen molar-refractivity contribution in [3.05, 3.63) is 75.2 Å². The van der Waals surface area contributed by atoms with Crippen LogP contribution in [0.2, 0.25) is 5.02 Å². The Morgan fingerprint density at radius 3 is 2.96 bits per heavy atom. The molecule has 4 nitrogen and oxygen atoms in total. The van der Waals surface area contributed by atoms with E-state index in [9.17, 15) is 4.79 Å². The predicted molar refractivity (Wildman–Crippen MR) is 100 cm³/mol. The van der Waals surface area contributed by atoms with Crippen molar-refractivity contribution in [1.82, 2.24) is 14.7 Å². The van der Waals surface area contributed by atoms with Gasteiger partial charge in [-0.3, -0.25) is 9.48 Å². The van der Waals surface area contributed by atoms with Gasteiger partial charge in [-0.2, -0.15) is 5.10 Å². The van der Waals surface area contributed by atoms with Crippen molar-refractivity contribution in [1.29, 1.82) is 0 Å². The molecule has 0 N–H and O–H groups in total. The first-order valence-electron chi connectivity index (χ1n) is 8.32. The van der Waals surface area contributed by atoms with Crippen LogP contribution in [-0.2, 0) is 6.54 Å². The predicted octanol–water partition coefficient (Wildman–Crippen LogP) is 4.62. The Morgan fingerprint density at radius 2 is 2.16 bits per heavy atom. The summed E-state index contributed by atoms with van der Waals surface area (Å²) in [6.07, 6.45) is 5.54. The van der Waals surface area contributed by atoms with Crippen LogP contribution in [-0.4, -0.2) is 27.1 Å². The number of carbonyl (C=O) groups is 1. The number of likely N-dealkylation sites (tertiary alicyclic amines) is 1. The molecule has 2 aromatic heterocycles. The Hall–Kier alpha value is -2.11. The highest BCUT2D eigenvalue weighted by molar-refractivity contribution is 7.10. The maximum atomic E-state index is 12.9. The van der Waals surface area contributed by atoms with E-state index in [4.69, 9.17) is 11.6 Å². The number of rotatable bonds is 4.